The zero-order chi connectivity index (χ0) is 8.97. The number of aliphatic hydroxyl groups is 1. The lowest BCUT2D eigenvalue weighted by atomic mass is 10.3. The molecule has 0 bridgehead atoms. The summed E-state index contributed by atoms with van der Waals surface area (Å²) in [5, 5.41) is 8.96. The number of hydrogen-bond acceptors (Lipinski definition) is 3. The van der Waals surface area contributed by atoms with Gasteiger partial charge in [-0.05, 0) is 26.0 Å². The van der Waals surface area contributed by atoms with Crippen molar-refractivity contribution in [3.63, 3.8) is 0 Å². The van der Waals surface area contributed by atoms with Gasteiger partial charge >= 0.3 is 0 Å². The number of aliphatic hydroxyl groups excluding tert-OH is 1. The Balaban J connectivity index is 2.57. The van der Waals surface area contributed by atoms with Gasteiger partial charge in [0.05, 0.1) is 11.8 Å². The lowest BCUT2D eigenvalue weighted by Crippen LogP contribution is -2.13. The molecule has 0 aliphatic carbocycles. The van der Waals surface area contributed by atoms with Crippen molar-refractivity contribution in [2.24, 2.45) is 0 Å². The van der Waals surface area contributed by atoms with Crippen molar-refractivity contribution in [3.05, 3.63) is 24.0 Å². The Morgan fingerprint density at radius 2 is 2.42 bits per heavy atom. The number of pyridine rings is 1. The molecule has 0 saturated heterocycles. The maximum atomic E-state index is 8.96. The lowest BCUT2D eigenvalue weighted by molar-refractivity contribution is 0.122. The molecule has 66 valence electrons. The van der Waals surface area contributed by atoms with E-state index in [2.05, 4.69) is 4.98 Å². The van der Waals surface area contributed by atoms with E-state index in [1.807, 2.05) is 19.1 Å². The molecule has 0 radical (unpaired) electrons. The van der Waals surface area contributed by atoms with E-state index >= 15 is 0 Å². The van der Waals surface area contributed by atoms with Gasteiger partial charge in [-0.15, -0.1) is 0 Å². The molecule has 3 nitrogen and oxygen atoms in total. The maximum absolute atomic E-state index is 8.96. The van der Waals surface area contributed by atoms with Crippen LogP contribution in [0.15, 0.2) is 18.3 Å². The molecule has 0 fully saturated rings. The third-order valence-electron chi connectivity index (χ3n) is 1.44. The standard InChI is InChI=1S/C9H13NO2/c1-7(11)6-12-9-4-3-5-10-8(9)2/h3-5,7,11H,6H2,1-2H3/t7-/m1/s1. The summed E-state index contributed by atoms with van der Waals surface area (Å²) in [6, 6.07) is 3.65. The number of ether oxygens (including phenoxy) is 1. The molecule has 1 rings (SSSR count). The topological polar surface area (TPSA) is 42.4 Å². The fraction of sp³-hybridized carbons (Fsp3) is 0.444. The van der Waals surface area contributed by atoms with E-state index in [9.17, 15) is 0 Å². The SMILES string of the molecule is Cc1ncccc1OC[C@@H](C)O. The van der Waals surface area contributed by atoms with Crippen LogP contribution >= 0.6 is 0 Å². The van der Waals surface area contributed by atoms with Crippen LogP contribution < -0.4 is 4.74 Å². The van der Waals surface area contributed by atoms with Gasteiger partial charge in [-0.1, -0.05) is 0 Å². The summed E-state index contributed by atoms with van der Waals surface area (Å²) in [4.78, 5) is 4.05. The second kappa shape index (κ2) is 4.07. The Morgan fingerprint density at radius 3 is 3.00 bits per heavy atom. The number of hydrogen-bond donors (Lipinski definition) is 1. The predicted molar refractivity (Wildman–Crippen MR) is 46.1 cm³/mol. The Hall–Kier alpha value is -1.09. The van der Waals surface area contributed by atoms with E-state index < -0.39 is 6.10 Å². The van der Waals surface area contributed by atoms with E-state index in [0.29, 0.717) is 6.61 Å². The lowest BCUT2D eigenvalue weighted by Gasteiger charge is -2.08. The van der Waals surface area contributed by atoms with Crippen LogP contribution in [-0.2, 0) is 0 Å². The van der Waals surface area contributed by atoms with Crippen LogP contribution in [0.1, 0.15) is 12.6 Å². The van der Waals surface area contributed by atoms with E-state index in [-0.39, 0.29) is 0 Å². The molecule has 0 unspecified atom stereocenters. The van der Waals surface area contributed by atoms with Crippen molar-refractivity contribution in [2.75, 3.05) is 6.61 Å². The number of aryl methyl sites for hydroxylation is 1. The third kappa shape index (κ3) is 2.51. The van der Waals surface area contributed by atoms with Crippen LogP contribution in [0.5, 0.6) is 5.75 Å². The van der Waals surface area contributed by atoms with Gasteiger partial charge in [-0.25, -0.2) is 0 Å². The molecule has 0 aliphatic rings. The van der Waals surface area contributed by atoms with Crippen LogP contribution in [-0.4, -0.2) is 22.8 Å². The molecule has 0 aromatic carbocycles. The minimum Gasteiger partial charge on any atom is -0.489 e. The van der Waals surface area contributed by atoms with Gasteiger partial charge in [0.25, 0.3) is 0 Å². The van der Waals surface area contributed by atoms with Crippen molar-refractivity contribution in [1.82, 2.24) is 4.98 Å². The zero-order valence-electron chi connectivity index (χ0n) is 7.32. The molecular weight excluding hydrogens is 154 g/mol. The van der Waals surface area contributed by atoms with Crippen molar-refractivity contribution in [1.29, 1.82) is 0 Å². The second-order valence-electron chi connectivity index (χ2n) is 2.75. The molecule has 0 saturated carbocycles. The van der Waals surface area contributed by atoms with Gasteiger partial charge in [-0.3, -0.25) is 4.98 Å². The summed E-state index contributed by atoms with van der Waals surface area (Å²) in [5.41, 5.74) is 0.846. The Kier molecular flexibility index (Phi) is 3.05. The Bertz CT molecular complexity index is 248. The first-order valence-corrected chi connectivity index (χ1v) is 3.92. The molecule has 3 heteroatoms. The van der Waals surface area contributed by atoms with Gasteiger partial charge < -0.3 is 9.84 Å². The van der Waals surface area contributed by atoms with Gasteiger partial charge in [0.15, 0.2) is 0 Å². The summed E-state index contributed by atoms with van der Waals surface area (Å²) in [5.74, 6) is 0.735. The number of rotatable bonds is 3. The monoisotopic (exact) mass is 167 g/mol. The minimum atomic E-state index is -0.440. The van der Waals surface area contributed by atoms with Crippen molar-refractivity contribution in [2.45, 2.75) is 20.0 Å². The average Bonchev–Trinajstić information content (AvgIpc) is 2.03. The van der Waals surface area contributed by atoms with Gasteiger partial charge in [0.2, 0.25) is 0 Å². The quantitative estimate of drug-likeness (QED) is 0.734. The zero-order valence-corrected chi connectivity index (χ0v) is 7.32. The molecule has 0 spiro atoms. The molecule has 1 aromatic rings. The Morgan fingerprint density at radius 1 is 1.67 bits per heavy atom. The Labute approximate surface area is 72.0 Å². The summed E-state index contributed by atoms with van der Waals surface area (Å²) in [6.45, 7) is 3.87. The maximum Gasteiger partial charge on any atom is 0.140 e. The van der Waals surface area contributed by atoms with Gasteiger partial charge in [-0.2, -0.15) is 0 Å². The third-order valence-corrected chi connectivity index (χ3v) is 1.44. The molecule has 1 aromatic heterocycles. The molecule has 1 atom stereocenters. The number of nitrogens with zero attached hydrogens (tertiary/aromatic N) is 1. The highest BCUT2D eigenvalue weighted by molar-refractivity contribution is 5.25. The van der Waals surface area contributed by atoms with Crippen molar-refractivity contribution < 1.29 is 9.84 Å². The highest BCUT2D eigenvalue weighted by Gasteiger charge is 2.00. The first kappa shape index (κ1) is 9.00. The van der Waals surface area contributed by atoms with E-state index in [0.717, 1.165) is 11.4 Å². The smallest absolute Gasteiger partial charge is 0.140 e. The molecular formula is C9H13NO2. The molecule has 1 heterocycles. The first-order valence-electron chi connectivity index (χ1n) is 3.92. The van der Waals surface area contributed by atoms with E-state index in [4.69, 9.17) is 9.84 Å². The highest BCUT2D eigenvalue weighted by atomic mass is 16.5. The van der Waals surface area contributed by atoms with Gasteiger partial charge in [0, 0.05) is 6.20 Å². The summed E-state index contributed by atoms with van der Waals surface area (Å²) < 4.78 is 5.29. The normalized spacial score (nSPS) is 12.6. The summed E-state index contributed by atoms with van der Waals surface area (Å²) >= 11 is 0. The number of aromatic nitrogens is 1. The van der Waals surface area contributed by atoms with E-state index in [1.165, 1.54) is 0 Å². The summed E-state index contributed by atoms with van der Waals surface area (Å²) in [7, 11) is 0. The molecule has 0 aliphatic heterocycles. The molecule has 0 amide bonds. The summed E-state index contributed by atoms with van der Waals surface area (Å²) in [6.07, 6.45) is 1.27. The van der Waals surface area contributed by atoms with Crippen LogP contribution in [0.2, 0.25) is 0 Å². The average molecular weight is 167 g/mol. The fourth-order valence-electron chi connectivity index (χ4n) is 0.832. The predicted octanol–water partition coefficient (Wildman–Crippen LogP) is 1.15. The van der Waals surface area contributed by atoms with Crippen LogP contribution in [0.25, 0.3) is 0 Å². The van der Waals surface area contributed by atoms with Crippen LogP contribution in [0.4, 0.5) is 0 Å². The van der Waals surface area contributed by atoms with Crippen molar-refractivity contribution in [3.8, 4) is 5.75 Å². The van der Waals surface area contributed by atoms with Crippen LogP contribution in [0.3, 0.4) is 0 Å². The highest BCUT2D eigenvalue weighted by Crippen LogP contribution is 2.13. The van der Waals surface area contributed by atoms with Gasteiger partial charge in [0.1, 0.15) is 12.4 Å². The largest absolute Gasteiger partial charge is 0.489 e. The molecule has 12 heavy (non-hydrogen) atoms. The minimum absolute atomic E-state index is 0.312. The first-order chi connectivity index (χ1) is 5.70. The van der Waals surface area contributed by atoms with Crippen LogP contribution in [0, 0.1) is 6.92 Å². The molecule has 1 N–H and O–H groups in total. The second-order valence-corrected chi connectivity index (χ2v) is 2.75. The fourth-order valence-corrected chi connectivity index (χ4v) is 0.832. The van der Waals surface area contributed by atoms with E-state index in [1.54, 1.807) is 13.1 Å². The van der Waals surface area contributed by atoms with Crippen molar-refractivity contribution >= 4 is 0 Å².